The Labute approximate surface area is 318 Å². The van der Waals surface area contributed by atoms with Crippen molar-refractivity contribution in [1.29, 1.82) is 0 Å². The summed E-state index contributed by atoms with van der Waals surface area (Å²) < 4.78 is 9.00. The van der Waals surface area contributed by atoms with Crippen molar-refractivity contribution < 1.29 is 4.42 Å². The summed E-state index contributed by atoms with van der Waals surface area (Å²) in [6.45, 7) is 0. The number of para-hydroxylation sites is 4. The number of rotatable bonds is 6. The molecule has 0 bridgehead atoms. The van der Waals surface area contributed by atoms with E-state index in [9.17, 15) is 0 Å². The van der Waals surface area contributed by atoms with Crippen LogP contribution in [0.5, 0.6) is 0 Å². The molecule has 3 nitrogen and oxygen atoms in total. The lowest BCUT2D eigenvalue weighted by Gasteiger charge is -2.26. The van der Waals surface area contributed by atoms with Crippen molar-refractivity contribution >= 4 is 71.6 Å². The molecule has 0 atom stereocenters. The third-order valence-electron chi connectivity index (χ3n) is 11.0. The molecule has 55 heavy (non-hydrogen) atoms. The van der Waals surface area contributed by atoms with Gasteiger partial charge in [0.25, 0.3) is 0 Å². The van der Waals surface area contributed by atoms with Crippen molar-refractivity contribution in [1.82, 2.24) is 4.57 Å². The number of furan rings is 1. The maximum Gasteiger partial charge on any atom is 0.159 e. The highest BCUT2D eigenvalue weighted by Gasteiger charge is 2.20. The molecule has 9 aromatic carbocycles. The molecule has 11 rings (SSSR count). The fraction of sp³-hybridized carbons (Fsp3) is 0. The molecule has 0 aliphatic carbocycles. The van der Waals surface area contributed by atoms with Crippen LogP contribution in [0.4, 0.5) is 17.1 Å². The Hall–Kier alpha value is -7.36. The minimum atomic E-state index is 0.862. The second-order valence-corrected chi connectivity index (χ2v) is 14.1. The first kappa shape index (κ1) is 31.2. The largest absolute Gasteiger partial charge is 0.454 e. The first-order chi connectivity index (χ1) is 27.3. The van der Waals surface area contributed by atoms with Crippen molar-refractivity contribution in [2.45, 2.75) is 0 Å². The van der Waals surface area contributed by atoms with Crippen LogP contribution in [0.25, 0.3) is 82.5 Å². The molecule has 3 heteroatoms. The zero-order valence-electron chi connectivity index (χ0n) is 29.9. The normalized spacial score (nSPS) is 11.6. The van der Waals surface area contributed by atoms with Crippen molar-refractivity contribution in [3.63, 3.8) is 0 Å². The van der Waals surface area contributed by atoms with Gasteiger partial charge in [0.2, 0.25) is 0 Å². The average Bonchev–Trinajstić information content (AvgIpc) is 3.81. The molecule has 0 spiro atoms. The van der Waals surface area contributed by atoms with Crippen molar-refractivity contribution in [2.24, 2.45) is 0 Å². The molecular weight excluding hydrogens is 669 g/mol. The van der Waals surface area contributed by atoms with Gasteiger partial charge in [-0.15, -0.1) is 0 Å². The lowest BCUT2D eigenvalue weighted by Crippen LogP contribution is -2.10. The summed E-state index contributed by atoms with van der Waals surface area (Å²) in [6.07, 6.45) is 0. The van der Waals surface area contributed by atoms with E-state index in [-0.39, 0.29) is 0 Å². The predicted molar refractivity (Wildman–Crippen MR) is 231 cm³/mol. The van der Waals surface area contributed by atoms with Gasteiger partial charge >= 0.3 is 0 Å². The van der Waals surface area contributed by atoms with Crippen LogP contribution in [0, 0.1) is 0 Å². The molecule has 0 unspecified atom stereocenters. The van der Waals surface area contributed by atoms with Crippen LogP contribution >= 0.6 is 0 Å². The molecule has 2 heterocycles. The summed E-state index contributed by atoms with van der Waals surface area (Å²) >= 11 is 0. The SMILES string of the molecule is c1ccc(-c2cccc3cccc(-c4ccc(N(c5ccc(-n6c7ccccc7c7ccccc76)cc5)c5cccc6c5oc5ccccc56)cc4)c23)cc1. The van der Waals surface area contributed by atoms with Crippen molar-refractivity contribution in [2.75, 3.05) is 4.90 Å². The predicted octanol–water partition coefficient (Wildman–Crippen LogP) is 14.6. The number of hydrogen-bond donors (Lipinski definition) is 0. The molecule has 0 saturated heterocycles. The van der Waals surface area contributed by atoms with Crippen molar-refractivity contribution in [3.8, 4) is 27.9 Å². The zero-order valence-corrected chi connectivity index (χ0v) is 29.9. The molecular formula is C52H34N2O. The quantitative estimate of drug-likeness (QED) is 0.172. The fourth-order valence-corrected chi connectivity index (χ4v) is 8.52. The Morgan fingerprint density at radius 2 is 0.909 bits per heavy atom. The van der Waals surface area contributed by atoms with E-state index < -0.39 is 0 Å². The van der Waals surface area contributed by atoms with Crippen LogP contribution in [0.3, 0.4) is 0 Å². The highest BCUT2D eigenvalue weighted by Crippen LogP contribution is 2.44. The minimum Gasteiger partial charge on any atom is -0.454 e. The summed E-state index contributed by atoms with van der Waals surface area (Å²) in [5.41, 5.74) is 13.2. The van der Waals surface area contributed by atoms with E-state index in [1.807, 2.05) is 12.1 Å². The summed E-state index contributed by atoms with van der Waals surface area (Å²) in [5, 5.41) is 7.20. The molecule has 0 aliphatic heterocycles. The molecule has 0 radical (unpaired) electrons. The number of anilines is 3. The van der Waals surface area contributed by atoms with Crippen molar-refractivity contribution in [3.05, 3.63) is 206 Å². The van der Waals surface area contributed by atoms with E-state index in [1.165, 1.54) is 54.8 Å². The van der Waals surface area contributed by atoms with Gasteiger partial charge in [0.15, 0.2) is 5.58 Å². The van der Waals surface area contributed by atoms with E-state index in [4.69, 9.17) is 4.42 Å². The maximum absolute atomic E-state index is 6.64. The first-order valence-electron chi connectivity index (χ1n) is 18.8. The smallest absolute Gasteiger partial charge is 0.159 e. The first-order valence-corrected chi connectivity index (χ1v) is 18.8. The second-order valence-electron chi connectivity index (χ2n) is 14.1. The van der Waals surface area contributed by atoms with E-state index in [0.717, 1.165) is 44.7 Å². The molecule has 0 fully saturated rings. The number of benzene rings is 9. The van der Waals surface area contributed by atoms with Crippen LogP contribution in [0.1, 0.15) is 0 Å². The van der Waals surface area contributed by atoms with Crippen LogP contribution in [-0.4, -0.2) is 4.57 Å². The summed E-state index contributed by atoms with van der Waals surface area (Å²) in [7, 11) is 0. The summed E-state index contributed by atoms with van der Waals surface area (Å²) in [4.78, 5) is 2.32. The minimum absolute atomic E-state index is 0.862. The van der Waals surface area contributed by atoms with Gasteiger partial charge in [0.05, 0.1) is 16.7 Å². The van der Waals surface area contributed by atoms with Crippen LogP contribution < -0.4 is 4.90 Å². The van der Waals surface area contributed by atoms with Crippen LogP contribution in [0.15, 0.2) is 211 Å². The van der Waals surface area contributed by atoms with Gasteiger partial charge in [-0.3, -0.25) is 0 Å². The lowest BCUT2D eigenvalue weighted by molar-refractivity contribution is 0.669. The monoisotopic (exact) mass is 702 g/mol. The Balaban J connectivity index is 1.07. The van der Waals surface area contributed by atoms with E-state index in [0.29, 0.717) is 0 Å². The molecule has 0 N–H and O–H groups in total. The molecule has 0 amide bonds. The van der Waals surface area contributed by atoms with Crippen LogP contribution in [0.2, 0.25) is 0 Å². The van der Waals surface area contributed by atoms with Gasteiger partial charge in [-0.2, -0.15) is 0 Å². The van der Waals surface area contributed by atoms with Gasteiger partial charge in [0, 0.05) is 38.6 Å². The number of aromatic nitrogens is 1. The van der Waals surface area contributed by atoms with Gasteiger partial charge in [0.1, 0.15) is 5.58 Å². The Morgan fingerprint density at radius 1 is 0.382 bits per heavy atom. The molecule has 0 saturated carbocycles. The van der Waals surface area contributed by atoms with E-state index >= 15 is 0 Å². The van der Waals surface area contributed by atoms with Crippen LogP contribution in [-0.2, 0) is 0 Å². The Morgan fingerprint density at radius 3 is 1.58 bits per heavy atom. The number of fused-ring (bicyclic) bond motifs is 7. The van der Waals surface area contributed by atoms with E-state index in [2.05, 4.69) is 204 Å². The van der Waals surface area contributed by atoms with Gasteiger partial charge in [-0.25, -0.2) is 0 Å². The van der Waals surface area contributed by atoms with Gasteiger partial charge < -0.3 is 13.9 Å². The Bertz CT molecular complexity index is 3130. The van der Waals surface area contributed by atoms with Gasteiger partial charge in [-0.1, -0.05) is 146 Å². The molecule has 2 aromatic heterocycles. The topological polar surface area (TPSA) is 21.3 Å². The highest BCUT2D eigenvalue weighted by molar-refractivity contribution is 6.11. The number of hydrogen-bond acceptors (Lipinski definition) is 2. The lowest BCUT2D eigenvalue weighted by atomic mass is 9.91. The van der Waals surface area contributed by atoms with E-state index in [1.54, 1.807) is 0 Å². The third-order valence-corrected chi connectivity index (χ3v) is 11.0. The highest BCUT2D eigenvalue weighted by atomic mass is 16.3. The fourth-order valence-electron chi connectivity index (χ4n) is 8.52. The Kier molecular flexibility index (Phi) is 7.17. The molecule has 11 aromatic rings. The third kappa shape index (κ3) is 5.05. The number of nitrogens with zero attached hydrogens (tertiary/aromatic N) is 2. The summed E-state index contributed by atoms with van der Waals surface area (Å²) in [6, 6.07) is 73.8. The standard InChI is InChI=1S/C52H34N2O/c1-2-13-35(14-3-1)41-20-10-15-37-16-11-21-42(51(37)41)36-27-29-38(30-28-36)53(49-25-12-22-46-45-19-6-9-26-50(45)55-52(46)49)39-31-33-40(34-32-39)54-47-23-7-4-17-43(47)44-18-5-8-24-48(44)54/h1-34H. The average molecular weight is 703 g/mol. The molecule has 0 aliphatic rings. The summed E-state index contributed by atoms with van der Waals surface area (Å²) in [5.74, 6) is 0. The maximum atomic E-state index is 6.64. The zero-order chi connectivity index (χ0) is 36.3. The van der Waals surface area contributed by atoms with Gasteiger partial charge in [-0.05, 0) is 93.7 Å². The molecule has 258 valence electrons. The second kappa shape index (κ2) is 12.6.